The van der Waals surface area contributed by atoms with E-state index in [0.717, 1.165) is 21.7 Å². The van der Waals surface area contributed by atoms with E-state index in [2.05, 4.69) is 10.6 Å². The summed E-state index contributed by atoms with van der Waals surface area (Å²) in [5.74, 6) is -1.06. The molecule has 0 radical (unpaired) electrons. The van der Waals surface area contributed by atoms with Gasteiger partial charge in [0.1, 0.15) is 6.29 Å². The Labute approximate surface area is 209 Å². The highest BCUT2D eigenvalue weighted by Crippen LogP contribution is 2.22. The fourth-order valence-electron chi connectivity index (χ4n) is 3.40. The van der Waals surface area contributed by atoms with Gasteiger partial charge >= 0.3 is 0 Å². The van der Waals surface area contributed by atoms with Crippen LogP contribution in [0.5, 0.6) is 0 Å². The van der Waals surface area contributed by atoms with Crippen LogP contribution in [0.3, 0.4) is 0 Å². The van der Waals surface area contributed by atoms with Gasteiger partial charge in [0.05, 0.1) is 24.0 Å². The Kier molecular flexibility index (Phi) is 8.42. The molecular weight excluding hydrogens is 486 g/mol. The van der Waals surface area contributed by atoms with Gasteiger partial charge in [-0.25, -0.2) is 8.42 Å². The van der Waals surface area contributed by atoms with Crippen LogP contribution in [0.2, 0.25) is 0 Å². The van der Waals surface area contributed by atoms with Crippen LogP contribution in [0.4, 0.5) is 5.69 Å². The molecule has 3 rings (SSSR count). The molecule has 0 aliphatic heterocycles. The number of hydrogen-bond donors (Lipinski definition) is 2. The molecule has 2 N–H and O–H groups in total. The zero-order valence-corrected chi connectivity index (χ0v) is 21.2. The highest BCUT2D eigenvalue weighted by atomic mass is 32.2. The van der Waals surface area contributed by atoms with Gasteiger partial charge in [-0.3, -0.25) is 13.9 Å². The Morgan fingerprint density at radius 2 is 1.66 bits per heavy atom. The largest absolute Gasteiger partial charge is 0.346 e. The first-order chi connectivity index (χ1) is 16.6. The minimum absolute atomic E-state index is 0.0627. The van der Waals surface area contributed by atoms with Gasteiger partial charge < -0.3 is 15.4 Å². The summed E-state index contributed by atoms with van der Waals surface area (Å²) in [6, 6.07) is 14.3. The van der Waals surface area contributed by atoms with Gasteiger partial charge in [0.25, 0.3) is 11.8 Å². The normalized spacial score (nSPS) is 12.9. The molecule has 1 aromatic heterocycles. The third kappa shape index (κ3) is 7.00. The SMILES string of the molecule is C[C@@H](NC(=O)c1cc(C(=O)N[C@H](C=O)Cc2ccsc2)cc(N(C)S(C)(=O)=O)c1)c1ccccc1. The molecule has 8 nitrogen and oxygen atoms in total. The van der Waals surface area contributed by atoms with E-state index in [4.69, 9.17) is 0 Å². The molecule has 0 bridgehead atoms. The van der Waals surface area contributed by atoms with E-state index >= 15 is 0 Å². The molecule has 0 fully saturated rings. The van der Waals surface area contributed by atoms with Crippen molar-refractivity contribution >= 4 is 45.1 Å². The number of carbonyl (C=O) groups is 3. The Balaban J connectivity index is 1.89. The van der Waals surface area contributed by atoms with Gasteiger partial charge in [-0.2, -0.15) is 11.3 Å². The first-order valence-electron chi connectivity index (χ1n) is 10.8. The van der Waals surface area contributed by atoms with E-state index in [9.17, 15) is 22.8 Å². The fraction of sp³-hybridized carbons (Fsp3) is 0.240. The number of aldehydes is 1. The van der Waals surface area contributed by atoms with Crippen molar-refractivity contribution in [3.05, 3.63) is 87.6 Å². The molecule has 0 aliphatic carbocycles. The summed E-state index contributed by atoms with van der Waals surface area (Å²) in [5, 5.41) is 9.30. The van der Waals surface area contributed by atoms with Crippen molar-refractivity contribution in [3.63, 3.8) is 0 Å². The van der Waals surface area contributed by atoms with Gasteiger partial charge in [-0.1, -0.05) is 30.3 Å². The van der Waals surface area contributed by atoms with Crippen LogP contribution in [0.1, 0.15) is 44.8 Å². The van der Waals surface area contributed by atoms with Crippen molar-refractivity contribution in [1.82, 2.24) is 10.6 Å². The molecule has 2 aromatic carbocycles. The summed E-state index contributed by atoms with van der Waals surface area (Å²) < 4.78 is 25.3. The van der Waals surface area contributed by atoms with Crippen LogP contribution >= 0.6 is 11.3 Å². The molecule has 0 saturated carbocycles. The van der Waals surface area contributed by atoms with E-state index in [-0.39, 0.29) is 22.9 Å². The number of hydrogen-bond acceptors (Lipinski definition) is 6. The molecule has 2 atom stereocenters. The summed E-state index contributed by atoms with van der Waals surface area (Å²) in [6.45, 7) is 1.83. The van der Waals surface area contributed by atoms with Gasteiger partial charge in [0, 0.05) is 24.6 Å². The summed E-state index contributed by atoms with van der Waals surface area (Å²) in [4.78, 5) is 37.6. The molecule has 0 aliphatic rings. The number of nitrogens with one attached hydrogen (secondary N) is 2. The molecule has 3 aromatic rings. The van der Waals surface area contributed by atoms with Crippen LogP contribution in [-0.2, 0) is 21.2 Å². The minimum atomic E-state index is -3.65. The van der Waals surface area contributed by atoms with Crippen LogP contribution in [0.25, 0.3) is 0 Å². The van der Waals surface area contributed by atoms with E-state index in [1.165, 1.54) is 36.6 Å². The summed E-state index contributed by atoms with van der Waals surface area (Å²) in [5.41, 5.74) is 2.13. The van der Waals surface area contributed by atoms with Crippen LogP contribution < -0.4 is 14.9 Å². The second-order valence-electron chi connectivity index (χ2n) is 8.16. The van der Waals surface area contributed by atoms with Crippen molar-refractivity contribution in [2.75, 3.05) is 17.6 Å². The maximum atomic E-state index is 13.1. The van der Waals surface area contributed by atoms with E-state index in [1.54, 1.807) is 0 Å². The third-order valence-electron chi connectivity index (χ3n) is 5.47. The molecule has 1 heterocycles. The quantitative estimate of drug-likeness (QED) is 0.405. The predicted molar refractivity (Wildman–Crippen MR) is 137 cm³/mol. The maximum Gasteiger partial charge on any atom is 0.251 e. The number of sulfonamides is 1. The number of carbonyl (C=O) groups excluding carboxylic acids is 3. The summed E-state index contributed by atoms with van der Waals surface area (Å²) in [6.07, 6.45) is 2.00. The lowest BCUT2D eigenvalue weighted by Crippen LogP contribution is -2.38. The lowest BCUT2D eigenvalue weighted by molar-refractivity contribution is -0.109. The van der Waals surface area contributed by atoms with Crippen molar-refractivity contribution in [2.45, 2.75) is 25.4 Å². The Bertz CT molecular complexity index is 1290. The van der Waals surface area contributed by atoms with Crippen molar-refractivity contribution in [2.24, 2.45) is 0 Å². The zero-order chi connectivity index (χ0) is 25.6. The maximum absolute atomic E-state index is 13.1. The summed E-state index contributed by atoms with van der Waals surface area (Å²) in [7, 11) is -2.32. The van der Waals surface area contributed by atoms with Crippen molar-refractivity contribution < 1.29 is 22.8 Å². The Morgan fingerprint density at radius 1 is 1.03 bits per heavy atom. The van der Waals surface area contributed by atoms with Gasteiger partial charge in [0.15, 0.2) is 0 Å². The molecule has 35 heavy (non-hydrogen) atoms. The van der Waals surface area contributed by atoms with Crippen LogP contribution in [-0.4, -0.2) is 45.9 Å². The molecule has 0 spiro atoms. The molecule has 0 saturated heterocycles. The van der Waals surface area contributed by atoms with Gasteiger partial charge in [-0.15, -0.1) is 0 Å². The average molecular weight is 514 g/mol. The van der Waals surface area contributed by atoms with Gasteiger partial charge in [-0.05, 0) is 53.1 Å². The number of rotatable bonds is 10. The molecule has 0 unspecified atom stereocenters. The minimum Gasteiger partial charge on any atom is -0.346 e. The Morgan fingerprint density at radius 3 is 2.20 bits per heavy atom. The second kappa shape index (κ2) is 11.3. The van der Waals surface area contributed by atoms with Crippen LogP contribution in [0.15, 0.2) is 65.4 Å². The number of nitrogens with zero attached hydrogens (tertiary/aromatic N) is 1. The number of amides is 2. The van der Waals surface area contributed by atoms with E-state index < -0.39 is 27.9 Å². The first kappa shape index (κ1) is 26.1. The Hall–Kier alpha value is -3.50. The van der Waals surface area contributed by atoms with Crippen molar-refractivity contribution in [3.8, 4) is 0 Å². The first-order valence-corrected chi connectivity index (χ1v) is 13.6. The van der Waals surface area contributed by atoms with Crippen molar-refractivity contribution in [1.29, 1.82) is 0 Å². The standard InChI is InChI=1S/C25H27N3O5S2/c1-17(19-7-5-4-6-8-19)26-24(30)20-12-21(14-23(13-20)28(2)35(3,32)33)25(31)27-22(15-29)11-18-9-10-34-16-18/h4-10,12-17,22H,11H2,1-3H3,(H,26,30)(H,27,31)/t17-,22+/m1/s1. The molecule has 184 valence electrons. The number of thiophene rings is 1. The average Bonchev–Trinajstić information content (AvgIpc) is 3.35. The van der Waals surface area contributed by atoms with Gasteiger partial charge in [0.2, 0.25) is 10.0 Å². The van der Waals surface area contributed by atoms with Crippen LogP contribution in [0, 0.1) is 0 Å². The summed E-state index contributed by atoms with van der Waals surface area (Å²) >= 11 is 1.49. The monoisotopic (exact) mass is 513 g/mol. The highest BCUT2D eigenvalue weighted by molar-refractivity contribution is 7.92. The topological polar surface area (TPSA) is 113 Å². The van der Waals surface area contributed by atoms with E-state index in [1.807, 2.05) is 54.1 Å². The molecular formula is C25H27N3O5S2. The zero-order valence-electron chi connectivity index (χ0n) is 19.6. The predicted octanol–water partition coefficient (Wildman–Crippen LogP) is 3.17. The number of anilines is 1. The third-order valence-corrected chi connectivity index (χ3v) is 7.40. The highest BCUT2D eigenvalue weighted by Gasteiger charge is 2.21. The molecule has 10 heteroatoms. The molecule has 2 amide bonds. The lowest BCUT2D eigenvalue weighted by atomic mass is 10.0. The number of benzene rings is 2. The second-order valence-corrected chi connectivity index (χ2v) is 11.0. The fourth-order valence-corrected chi connectivity index (χ4v) is 4.57. The van der Waals surface area contributed by atoms with E-state index in [0.29, 0.717) is 12.7 Å². The lowest BCUT2D eigenvalue weighted by Gasteiger charge is -2.20. The smallest absolute Gasteiger partial charge is 0.251 e.